The second-order valence-electron chi connectivity index (χ2n) is 3.15. The van der Waals surface area contributed by atoms with E-state index in [1.54, 1.807) is 12.2 Å². The van der Waals surface area contributed by atoms with Crippen LogP contribution in [0.4, 0.5) is 0 Å². The van der Waals surface area contributed by atoms with Gasteiger partial charge < -0.3 is 5.11 Å². The molecule has 15 heavy (non-hydrogen) atoms. The molecule has 0 unspecified atom stereocenters. The van der Waals surface area contributed by atoms with Crippen molar-refractivity contribution in [1.82, 2.24) is 0 Å². The molecule has 0 atom stereocenters. The van der Waals surface area contributed by atoms with Crippen molar-refractivity contribution in [2.24, 2.45) is 0 Å². The van der Waals surface area contributed by atoms with E-state index in [9.17, 15) is 8.42 Å². The third kappa shape index (κ3) is 4.76. The molecule has 0 bridgehead atoms. The van der Waals surface area contributed by atoms with Crippen LogP contribution >= 0.6 is 0 Å². The molecular weight excluding hydrogens is 212 g/mol. The van der Waals surface area contributed by atoms with Gasteiger partial charge >= 0.3 is 0 Å². The van der Waals surface area contributed by atoms with Crippen LogP contribution in [0.5, 0.6) is 0 Å². The van der Waals surface area contributed by atoms with Gasteiger partial charge in [-0.15, -0.1) is 0 Å². The Morgan fingerprint density at radius 1 is 1.20 bits per heavy atom. The lowest BCUT2D eigenvalue weighted by atomic mass is 10.2. The molecule has 1 N–H and O–H groups in total. The highest BCUT2D eigenvalue weighted by atomic mass is 32.2. The van der Waals surface area contributed by atoms with E-state index < -0.39 is 9.84 Å². The van der Waals surface area contributed by atoms with Crippen LogP contribution in [-0.4, -0.2) is 31.6 Å². The average molecular weight is 226 g/mol. The van der Waals surface area contributed by atoms with Crippen LogP contribution < -0.4 is 0 Å². The molecule has 0 aliphatic rings. The molecule has 0 heterocycles. The number of hydrogen-bond acceptors (Lipinski definition) is 3. The minimum atomic E-state index is -3.14. The molecule has 0 aromatic heterocycles. The monoisotopic (exact) mass is 226 g/mol. The number of hydrogen-bond donors (Lipinski definition) is 1. The number of rotatable bonds is 5. The van der Waals surface area contributed by atoms with Crippen LogP contribution in [-0.2, 0) is 9.84 Å². The number of sulfone groups is 1. The summed E-state index contributed by atoms with van der Waals surface area (Å²) in [4.78, 5) is 0. The van der Waals surface area contributed by atoms with Gasteiger partial charge in [0.15, 0.2) is 9.84 Å². The maximum Gasteiger partial charge on any atom is 0.156 e. The lowest BCUT2D eigenvalue weighted by Crippen LogP contribution is -2.12. The quantitative estimate of drug-likeness (QED) is 0.818. The summed E-state index contributed by atoms with van der Waals surface area (Å²) in [6.45, 7) is -0.318. The van der Waals surface area contributed by atoms with E-state index >= 15 is 0 Å². The van der Waals surface area contributed by atoms with Crippen LogP contribution in [0.1, 0.15) is 5.56 Å². The summed E-state index contributed by atoms with van der Waals surface area (Å²) in [5, 5.41) is 8.51. The Bertz CT molecular complexity index is 407. The Morgan fingerprint density at radius 3 is 2.47 bits per heavy atom. The van der Waals surface area contributed by atoms with E-state index in [0.29, 0.717) is 0 Å². The number of benzene rings is 1. The third-order valence-electron chi connectivity index (χ3n) is 1.86. The fourth-order valence-electron chi connectivity index (χ4n) is 1.12. The Labute approximate surface area is 90.0 Å². The zero-order valence-electron chi connectivity index (χ0n) is 8.33. The fourth-order valence-corrected chi connectivity index (χ4v) is 1.95. The van der Waals surface area contributed by atoms with Crippen molar-refractivity contribution in [1.29, 1.82) is 0 Å². The number of aliphatic hydroxyl groups is 1. The predicted octanol–water partition coefficient (Wildman–Crippen LogP) is 1.11. The fraction of sp³-hybridized carbons (Fsp3) is 0.273. The molecule has 0 aliphatic heterocycles. The minimum absolute atomic E-state index is 0.0253. The summed E-state index contributed by atoms with van der Waals surface area (Å²) in [6.07, 6.45) is 3.36. The lowest BCUT2D eigenvalue weighted by Gasteiger charge is -1.96. The predicted molar refractivity (Wildman–Crippen MR) is 61.2 cm³/mol. The third-order valence-corrected chi connectivity index (χ3v) is 3.37. The first-order valence-corrected chi connectivity index (χ1v) is 6.49. The molecule has 82 valence electrons. The molecule has 4 heteroatoms. The van der Waals surface area contributed by atoms with E-state index in [1.165, 1.54) is 0 Å². The van der Waals surface area contributed by atoms with E-state index in [4.69, 9.17) is 5.11 Å². The smallest absolute Gasteiger partial charge is 0.156 e. The second-order valence-corrected chi connectivity index (χ2v) is 5.38. The van der Waals surface area contributed by atoms with E-state index in [-0.39, 0.29) is 18.1 Å². The zero-order valence-corrected chi connectivity index (χ0v) is 9.15. The molecule has 0 fully saturated rings. The van der Waals surface area contributed by atoms with Gasteiger partial charge in [-0.2, -0.15) is 0 Å². The molecular formula is C11H14O3S. The first-order valence-electron chi connectivity index (χ1n) is 4.67. The summed E-state index contributed by atoms with van der Waals surface area (Å²) < 4.78 is 22.4. The highest BCUT2D eigenvalue weighted by molar-refractivity contribution is 7.91. The summed E-state index contributed by atoms with van der Waals surface area (Å²) in [5.41, 5.74) is 0.969. The van der Waals surface area contributed by atoms with Crippen molar-refractivity contribution in [3.8, 4) is 0 Å². The highest BCUT2D eigenvalue weighted by Gasteiger charge is 2.05. The molecule has 0 saturated heterocycles. The Morgan fingerprint density at radius 2 is 1.87 bits per heavy atom. The van der Waals surface area contributed by atoms with Gasteiger partial charge in [-0.1, -0.05) is 42.5 Å². The molecule has 1 rings (SSSR count). The molecule has 1 aromatic rings. The Hall–Kier alpha value is -1.13. The van der Waals surface area contributed by atoms with Crippen molar-refractivity contribution in [2.75, 3.05) is 18.1 Å². The Kier molecular flexibility index (Phi) is 4.52. The van der Waals surface area contributed by atoms with Gasteiger partial charge in [0.1, 0.15) is 0 Å². The SMILES string of the molecule is O=S(=O)(C/C=C/c1ccccc1)CCO. The van der Waals surface area contributed by atoms with Gasteiger partial charge in [0.25, 0.3) is 0 Å². The van der Waals surface area contributed by atoms with Crippen LogP contribution in [0.2, 0.25) is 0 Å². The Balaban J connectivity index is 2.54. The van der Waals surface area contributed by atoms with Gasteiger partial charge in [-0.25, -0.2) is 8.42 Å². The molecule has 0 saturated carbocycles. The van der Waals surface area contributed by atoms with Gasteiger partial charge in [0.05, 0.1) is 18.1 Å². The summed E-state index contributed by atoms with van der Waals surface area (Å²) in [7, 11) is -3.14. The van der Waals surface area contributed by atoms with Crippen LogP contribution in [0.25, 0.3) is 6.08 Å². The first kappa shape index (κ1) is 11.9. The van der Waals surface area contributed by atoms with Crippen LogP contribution in [0.15, 0.2) is 36.4 Å². The van der Waals surface area contributed by atoms with E-state index in [0.717, 1.165) is 5.56 Å². The van der Waals surface area contributed by atoms with Gasteiger partial charge in [-0.05, 0) is 5.56 Å². The highest BCUT2D eigenvalue weighted by Crippen LogP contribution is 2.01. The van der Waals surface area contributed by atoms with Crippen LogP contribution in [0, 0.1) is 0 Å². The normalized spacial score (nSPS) is 12.1. The van der Waals surface area contributed by atoms with Crippen molar-refractivity contribution < 1.29 is 13.5 Å². The average Bonchev–Trinajstić information content (AvgIpc) is 2.19. The largest absolute Gasteiger partial charge is 0.395 e. The van der Waals surface area contributed by atoms with E-state index in [1.807, 2.05) is 30.3 Å². The molecule has 3 nitrogen and oxygen atoms in total. The van der Waals surface area contributed by atoms with Crippen molar-refractivity contribution in [2.45, 2.75) is 0 Å². The van der Waals surface area contributed by atoms with Gasteiger partial charge in [-0.3, -0.25) is 0 Å². The first-order chi connectivity index (χ1) is 7.14. The lowest BCUT2D eigenvalue weighted by molar-refractivity contribution is 0.319. The molecule has 0 aliphatic carbocycles. The van der Waals surface area contributed by atoms with Gasteiger partial charge in [0.2, 0.25) is 0 Å². The van der Waals surface area contributed by atoms with Gasteiger partial charge in [0, 0.05) is 0 Å². The maximum atomic E-state index is 11.2. The summed E-state index contributed by atoms with van der Waals surface area (Å²) in [5.74, 6) is -0.200. The topological polar surface area (TPSA) is 54.4 Å². The summed E-state index contributed by atoms with van der Waals surface area (Å²) >= 11 is 0. The molecule has 0 spiro atoms. The van der Waals surface area contributed by atoms with Crippen molar-refractivity contribution in [3.63, 3.8) is 0 Å². The molecule has 0 amide bonds. The zero-order chi connectivity index (χ0) is 11.1. The van der Waals surface area contributed by atoms with Crippen LogP contribution in [0.3, 0.4) is 0 Å². The van der Waals surface area contributed by atoms with Crippen molar-refractivity contribution in [3.05, 3.63) is 42.0 Å². The number of aliphatic hydroxyl groups excluding tert-OH is 1. The molecule has 0 radical (unpaired) electrons. The van der Waals surface area contributed by atoms with Crippen molar-refractivity contribution >= 4 is 15.9 Å². The standard InChI is InChI=1S/C11H14O3S/c12-8-10-15(13,14)9-4-7-11-5-2-1-3-6-11/h1-7,12H,8-10H2/b7-4+. The molecule has 1 aromatic carbocycles. The summed E-state index contributed by atoms with van der Waals surface area (Å²) in [6, 6.07) is 9.48. The minimum Gasteiger partial charge on any atom is -0.395 e. The second kappa shape index (κ2) is 5.68. The maximum absolute atomic E-state index is 11.2. The van der Waals surface area contributed by atoms with E-state index in [2.05, 4.69) is 0 Å².